The zero-order chi connectivity index (χ0) is 14.8. The van der Waals surface area contributed by atoms with E-state index in [0.29, 0.717) is 6.54 Å². The molecule has 3 rings (SSSR count). The molecule has 0 aliphatic carbocycles. The van der Waals surface area contributed by atoms with Gasteiger partial charge in [0.2, 0.25) is 0 Å². The van der Waals surface area contributed by atoms with Crippen molar-refractivity contribution >= 4 is 33.1 Å². The van der Waals surface area contributed by atoms with Gasteiger partial charge in [0, 0.05) is 11.6 Å². The molecule has 0 spiro atoms. The third-order valence-electron chi connectivity index (χ3n) is 3.73. The van der Waals surface area contributed by atoms with Crippen molar-refractivity contribution in [3.63, 3.8) is 0 Å². The molecule has 104 valence electrons. The second-order valence-electron chi connectivity index (χ2n) is 5.32. The van der Waals surface area contributed by atoms with Crippen molar-refractivity contribution in [3.8, 4) is 12.3 Å². The molecular formula is C19H16ClN. The van der Waals surface area contributed by atoms with Gasteiger partial charge in [-0.1, -0.05) is 47.9 Å². The minimum Gasteiger partial charge on any atom is -0.291 e. The van der Waals surface area contributed by atoms with Gasteiger partial charge in [-0.15, -0.1) is 6.42 Å². The molecule has 0 heterocycles. The quantitative estimate of drug-likeness (QED) is 0.499. The maximum atomic E-state index is 6.19. The Hall–Kier alpha value is -2.01. The Morgan fingerprint density at radius 2 is 1.81 bits per heavy atom. The molecule has 0 amide bonds. The number of hydrogen-bond donors (Lipinski definition) is 0. The largest absolute Gasteiger partial charge is 0.291 e. The molecule has 0 bridgehead atoms. The molecule has 0 N–H and O–H groups in total. The van der Waals surface area contributed by atoms with E-state index in [-0.39, 0.29) is 0 Å². The average Bonchev–Trinajstić information content (AvgIpc) is 2.48. The van der Waals surface area contributed by atoms with Crippen LogP contribution in [0.15, 0.2) is 48.5 Å². The topological polar surface area (TPSA) is 3.24 Å². The summed E-state index contributed by atoms with van der Waals surface area (Å²) in [6.45, 7) is 1.44. The number of nitrogens with zero attached hydrogens (tertiary/aromatic N) is 1. The Labute approximate surface area is 130 Å². The summed E-state index contributed by atoms with van der Waals surface area (Å²) < 4.78 is 0. The smallest absolute Gasteiger partial charge is 0.0599 e. The highest BCUT2D eigenvalue weighted by Gasteiger charge is 2.10. The highest BCUT2D eigenvalue weighted by Crippen LogP contribution is 2.31. The number of fused-ring (bicyclic) bond motifs is 2. The van der Waals surface area contributed by atoms with Gasteiger partial charge in [0.1, 0.15) is 0 Å². The molecule has 1 nitrogen and oxygen atoms in total. The molecule has 0 aliphatic heterocycles. The normalized spacial score (nSPS) is 11.1. The Balaban J connectivity index is 2.28. The molecule has 0 saturated carbocycles. The molecule has 0 aliphatic rings. The first-order valence-electron chi connectivity index (χ1n) is 6.91. The first-order chi connectivity index (χ1) is 10.2. The molecule has 0 aromatic heterocycles. The van der Waals surface area contributed by atoms with Gasteiger partial charge in [-0.05, 0) is 52.4 Å². The second kappa shape index (κ2) is 5.77. The first-order valence-corrected chi connectivity index (χ1v) is 7.29. The van der Waals surface area contributed by atoms with E-state index in [1.807, 2.05) is 19.2 Å². The van der Waals surface area contributed by atoms with Crippen LogP contribution >= 0.6 is 11.6 Å². The van der Waals surface area contributed by atoms with Crippen LogP contribution in [0.5, 0.6) is 0 Å². The van der Waals surface area contributed by atoms with Gasteiger partial charge in [0.15, 0.2) is 0 Å². The Bertz CT molecular complexity index is 845. The molecule has 0 saturated heterocycles. The zero-order valence-electron chi connectivity index (χ0n) is 11.9. The van der Waals surface area contributed by atoms with Crippen molar-refractivity contribution in [2.45, 2.75) is 6.54 Å². The van der Waals surface area contributed by atoms with E-state index in [2.05, 4.69) is 47.2 Å². The lowest BCUT2D eigenvalue weighted by Crippen LogP contribution is -2.18. The molecule has 0 unspecified atom stereocenters. The molecule has 0 atom stereocenters. The van der Waals surface area contributed by atoms with Crippen molar-refractivity contribution < 1.29 is 0 Å². The lowest BCUT2D eigenvalue weighted by atomic mass is 9.96. The van der Waals surface area contributed by atoms with Crippen molar-refractivity contribution in [2.24, 2.45) is 0 Å². The summed E-state index contributed by atoms with van der Waals surface area (Å²) >= 11 is 6.19. The van der Waals surface area contributed by atoms with E-state index in [1.165, 1.54) is 27.1 Å². The molecule has 2 heteroatoms. The summed E-state index contributed by atoms with van der Waals surface area (Å²) in [7, 11) is 2.04. The van der Waals surface area contributed by atoms with E-state index < -0.39 is 0 Å². The number of benzene rings is 3. The summed E-state index contributed by atoms with van der Waals surface area (Å²) in [5.41, 5.74) is 1.28. The van der Waals surface area contributed by atoms with Crippen molar-refractivity contribution in [1.29, 1.82) is 0 Å². The van der Waals surface area contributed by atoms with Gasteiger partial charge in [-0.25, -0.2) is 0 Å². The van der Waals surface area contributed by atoms with Gasteiger partial charge < -0.3 is 0 Å². The van der Waals surface area contributed by atoms with Crippen LogP contribution in [0.25, 0.3) is 21.5 Å². The van der Waals surface area contributed by atoms with Crippen LogP contribution < -0.4 is 0 Å². The molecule has 0 radical (unpaired) electrons. The Kier molecular flexibility index (Phi) is 3.84. The summed E-state index contributed by atoms with van der Waals surface area (Å²) in [5.74, 6) is 2.70. The van der Waals surface area contributed by atoms with Crippen LogP contribution in [0.4, 0.5) is 0 Å². The summed E-state index contributed by atoms with van der Waals surface area (Å²) in [6, 6.07) is 16.7. The predicted octanol–water partition coefficient (Wildman–Crippen LogP) is 4.71. The maximum Gasteiger partial charge on any atom is 0.0599 e. The van der Waals surface area contributed by atoms with Gasteiger partial charge in [-0.2, -0.15) is 0 Å². The van der Waals surface area contributed by atoms with Gasteiger partial charge in [0.05, 0.1) is 6.54 Å². The summed E-state index contributed by atoms with van der Waals surface area (Å²) in [4.78, 5) is 2.14. The summed E-state index contributed by atoms with van der Waals surface area (Å²) in [6.07, 6.45) is 5.42. The van der Waals surface area contributed by atoms with Gasteiger partial charge in [0.25, 0.3) is 0 Å². The maximum absolute atomic E-state index is 6.19. The van der Waals surface area contributed by atoms with Crippen LogP contribution in [0, 0.1) is 12.3 Å². The SMILES string of the molecule is C#CCN(C)Cc1c2ccccc2cc2ccc(Cl)cc12. The Morgan fingerprint density at radius 1 is 1.05 bits per heavy atom. The van der Waals surface area contributed by atoms with Crippen molar-refractivity contribution in [1.82, 2.24) is 4.90 Å². The number of terminal acetylenes is 1. The first kappa shape index (κ1) is 13.9. The number of rotatable bonds is 3. The monoisotopic (exact) mass is 293 g/mol. The fourth-order valence-corrected chi connectivity index (χ4v) is 2.95. The van der Waals surface area contributed by atoms with Crippen LogP contribution in [0.2, 0.25) is 5.02 Å². The third-order valence-corrected chi connectivity index (χ3v) is 3.96. The fraction of sp³-hybridized carbons (Fsp3) is 0.158. The molecule has 3 aromatic rings. The zero-order valence-corrected chi connectivity index (χ0v) is 12.7. The minimum atomic E-state index is 0.630. The van der Waals surface area contributed by atoms with Crippen molar-refractivity contribution in [2.75, 3.05) is 13.6 Å². The van der Waals surface area contributed by atoms with Gasteiger partial charge >= 0.3 is 0 Å². The lowest BCUT2D eigenvalue weighted by molar-refractivity contribution is 0.372. The van der Waals surface area contributed by atoms with E-state index >= 15 is 0 Å². The molecule has 0 fully saturated rings. The highest BCUT2D eigenvalue weighted by atomic mass is 35.5. The predicted molar refractivity (Wildman–Crippen MR) is 91.6 cm³/mol. The van der Waals surface area contributed by atoms with Crippen LogP contribution in [-0.4, -0.2) is 18.5 Å². The van der Waals surface area contributed by atoms with Crippen molar-refractivity contribution in [3.05, 3.63) is 59.1 Å². The average molecular weight is 294 g/mol. The standard InChI is InChI=1S/C19H16ClN/c1-3-10-21(2)13-19-17-7-5-4-6-14(17)11-15-8-9-16(20)12-18(15)19/h1,4-9,11-12H,10,13H2,2H3. The minimum absolute atomic E-state index is 0.630. The highest BCUT2D eigenvalue weighted by molar-refractivity contribution is 6.31. The van der Waals surface area contributed by atoms with Gasteiger partial charge in [-0.3, -0.25) is 4.90 Å². The van der Waals surface area contributed by atoms with E-state index in [4.69, 9.17) is 18.0 Å². The van der Waals surface area contributed by atoms with Crippen LogP contribution in [-0.2, 0) is 6.54 Å². The molecular weight excluding hydrogens is 278 g/mol. The van der Waals surface area contributed by atoms with Crippen LogP contribution in [0.1, 0.15) is 5.56 Å². The number of hydrogen-bond acceptors (Lipinski definition) is 1. The van der Waals surface area contributed by atoms with Crippen LogP contribution in [0.3, 0.4) is 0 Å². The van der Waals surface area contributed by atoms with E-state index in [9.17, 15) is 0 Å². The Morgan fingerprint density at radius 3 is 2.62 bits per heavy atom. The fourth-order valence-electron chi connectivity index (χ4n) is 2.78. The lowest BCUT2D eigenvalue weighted by Gasteiger charge is -2.18. The summed E-state index contributed by atoms with van der Waals surface area (Å²) in [5, 5.41) is 5.68. The number of halogens is 1. The van der Waals surface area contributed by atoms with E-state index in [0.717, 1.165) is 11.6 Å². The van der Waals surface area contributed by atoms with E-state index in [1.54, 1.807) is 0 Å². The molecule has 3 aromatic carbocycles. The third kappa shape index (κ3) is 2.74. The molecule has 21 heavy (non-hydrogen) atoms. The second-order valence-corrected chi connectivity index (χ2v) is 5.75.